The number of halogens is 3. The van der Waals surface area contributed by atoms with E-state index in [4.69, 9.17) is 23.2 Å². The molecule has 100 valence electrons. The van der Waals surface area contributed by atoms with Gasteiger partial charge in [-0.25, -0.2) is 4.98 Å². The number of benzene rings is 1. The topological polar surface area (TPSA) is 16.1 Å². The minimum absolute atomic E-state index is 0.428. The first kappa shape index (κ1) is 14.8. The lowest BCUT2D eigenvalue weighted by Gasteiger charge is -2.17. The molecule has 0 aliphatic heterocycles. The normalized spacial score (nSPS) is 11.0. The summed E-state index contributed by atoms with van der Waals surface area (Å²) >= 11 is 15.3. The van der Waals surface area contributed by atoms with E-state index in [9.17, 15) is 0 Å². The Morgan fingerprint density at radius 3 is 2.37 bits per heavy atom. The van der Waals surface area contributed by atoms with Gasteiger partial charge in [-0.3, -0.25) is 4.90 Å². The van der Waals surface area contributed by atoms with Crippen LogP contribution in [-0.4, -0.2) is 16.9 Å². The SMILES string of the molecule is CN(Cc1cc(Cl)nc(Cl)c1)Cc1ccccc1Br. The van der Waals surface area contributed by atoms with Crippen LogP contribution in [0, 0.1) is 0 Å². The van der Waals surface area contributed by atoms with Crippen molar-refractivity contribution in [3.05, 3.63) is 62.3 Å². The predicted octanol–water partition coefficient (Wildman–Crippen LogP) is 4.78. The van der Waals surface area contributed by atoms with Crippen LogP contribution in [-0.2, 0) is 13.1 Å². The molecule has 1 heterocycles. The molecule has 0 bridgehead atoms. The van der Waals surface area contributed by atoms with Crippen LogP contribution >= 0.6 is 39.1 Å². The van der Waals surface area contributed by atoms with Gasteiger partial charge in [-0.15, -0.1) is 0 Å². The van der Waals surface area contributed by atoms with Crippen LogP contribution in [0.15, 0.2) is 40.9 Å². The highest BCUT2D eigenvalue weighted by atomic mass is 79.9. The lowest BCUT2D eigenvalue weighted by atomic mass is 10.2. The zero-order valence-corrected chi connectivity index (χ0v) is 13.5. The molecule has 0 fully saturated rings. The molecule has 1 aromatic carbocycles. The van der Waals surface area contributed by atoms with Crippen LogP contribution in [0.1, 0.15) is 11.1 Å². The highest BCUT2D eigenvalue weighted by molar-refractivity contribution is 9.10. The van der Waals surface area contributed by atoms with Crippen LogP contribution in [0.2, 0.25) is 10.3 Å². The predicted molar refractivity (Wildman–Crippen MR) is 83.6 cm³/mol. The number of rotatable bonds is 4. The van der Waals surface area contributed by atoms with Crippen LogP contribution in [0.4, 0.5) is 0 Å². The van der Waals surface area contributed by atoms with E-state index in [1.165, 1.54) is 5.56 Å². The number of pyridine rings is 1. The number of aromatic nitrogens is 1. The van der Waals surface area contributed by atoms with Gasteiger partial charge in [-0.2, -0.15) is 0 Å². The van der Waals surface area contributed by atoms with Crippen molar-refractivity contribution in [2.24, 2.45) is 0 Å². The molecule has 0 saturated carbocycles. The monoisotopic (exact) mass is 358 g/mol. The molecule has 0 radical (unpaired) electrons. The summed E-state index contributed by atoms with van der Waals surface area (Å²) in [5, 5.41) is 0.855. The molecule has 2 nitrogen and oxygen atoms in total. The van der Waals surface area contributed by atoms with Gasteiger partial charge < -0.3 is 0 Å². The first-order valence-electron chi connectivity index (χ1n) is 5.78. The molecule has 0 amide bonds. The first-order valence-corrected chi connectivity index (χ1v) is 7.33. The van der Waals surface area contributed by atoms with E-state index < -0.39 is 0 Å². The molecule has 0 N–H and O–H groups in total. The van der Waals surface area contributed by atoms with E-state index >= 15 is 0 Å². The molecule has 0 spiro atoms. The highest BCUT2D eigenvalue weighted by Gasteiger charge is 2.06. The highest BCUT2D eigenvalue weighted by Crippen LogP contribution is 2.20. The Morgan fingerprint density at radius 1 is 1.11 bits per heavy atom. The van der Waals surface area contributed by atoms with Crippen molar-refractivity contribution in [3.8, 4) is 0 Å². The van der Waals surface area contributed by atoms with E-state index in [1.54, 1.807) is 0 Å². The summed E-state index contributed by atoms with van der Waals surface area (Å²) in [4.78, 5) is 6.14. The maximum atomic E-state index is 5.90. The smallest absolute Gasteiger partial charge is 0.131 e. The van der Waals surface area contributed by atoms with Crippen molar-refractivity contribution < 1.29 is 0 Å². The lowest BCUT2D eigenvalue weighted by Crippen LogP contribution is -2.17. The van der Waals surface area contributed by atoms with Gasteiger partial charge in [0.15, 0.2) is 0 Å². The van der Waals surface area contributed by atoms with E-state index in [0.29, 0.717) is 10.3 Å². The second-order valence-electron chi connectivity index (χ2n) is 4.38. The van der Waals surface area contributed by atoms with Gasteiger partial charge in [0.05, 0.1) is 0 Å². The molecular formula is C14H13BrCl2N2. The van der Waals surface area contributed by atoms with Crippen LogP contribution in [0.5, 0.6) is 0 Å². The Morgan fingerprint density at radius 2 is 1.74 bits per heavy atom. The molecule has 0 atom stereocenters. The van der Waals surface area contributed by atoms with Gasteiger partial charge in [0.2, 0.25) is 0 Å². The van der Waals surface area contributed by atoms with Gasteiger partial charge >= 0.3 is 0 Å². The Kier molecular flexibility index (Phi) is 5.22. The van der Waals surface area contributed by atoms with Crippen molar-refractivity contribution in [1.29, 1.82) is 0 Å². The van der Waals surface area contributed by atoms with Gasteiger partial charge in [-0.05, 0) is 36.4 Å². The summed E-state index contributed by atoms with van der Waals surface area (Å²) in [6.07, 6.45) is 0. The molecule has 2 aromatic rings. The number of nitrogens with zero attached hydrogens (tertiary/aromatic N) is 2. The van der Waals surface area contributed by atoms with Gasteiger partial charge in [0.1, 0.15) is 10.3 Å². The molecule has 2 rings (SSSR count). The second kappa shape index (κ2) is 6.71. The summed E-state index contributed by atoms with van der Waals surface area (Å²) in [6.45, 7) is 1.61. The zero-order chi connectivity index (χ0) is 13.8. The van der Waals surface area contributed by atoms with Gasteiger partial charge in [0.25, 0.3) is 0 Å². The third-order valence-electron chi connectivity index (χ3n) is 2.67. The van der Waals surface area contributed by atoms with Crippen molar-refractivity contribution in [2.45, 2.75) is 13.1 Å². The van der Waals surface area contributed by atoms with Crippen molar-refractivity contribution in [2.75, 3.05) is 7.05 Å². The summed E-state index contributed by atoms with van der Waals surface area (Å²) in [5.74, 6) is 0. The molecular weight excluding hydrogens is 347 g/mol. The second-order valence-corrected chi connectivity index (χ2v) is 6.01. The van der Waals surface area contributed by atoms with E-state index in [0.717, 1.165) is 23.1 Å². The fourth-order valence-corrected chi connectivity index (χ4v) is 2.81. The van der Waals surface area contributed by atoms with Gasteiger partial charge in [-0.1, -0.05) is 57.3 Å². The van der Waals surface area contributed by atoms with E-state index in [-0.39, 0.29) is 0 Å². The fraction of sp³-hybridized carbons (Fsp3) is 0.214. The summed E-state index contributed by atoms with van der Waals surface area (Å²) in [5.41, 5.74) is 2.30. The zero-order valence-electron chi connectivity index (χ0n) is 10.4. The molecule has 1 aromatic heterocycles. The lowest BCUT2D eigenvalue weighted by molar-refractivity contribution is 0.318. The first-order chi connectivity index (χ1) is 9.04. The quantitative estimate of drug-likeness (QED) is 0.730. The van der Waals surface area contributed by atoms with E-state index in [1.807, 2.05) is 30.3 Å². The van der Waals surface area contributed by atoms with Crippen molar-refractivity contribution in [3.63, 3.8) is 0 Å². The average molecular weight is 360 g/mol. The van der Waals surface area contributed by atoms with E-state index in [2.05, 4.69) is 38.9 Å². The Balaban J connectivity index is 2.05. The van der Waals surface area contributed by atoms with Gasteiger partial charge in [0, 0.05) is 17.6 Å². The minimum Gasteiger partial charge on any atom is -0.298 e. The number of hydrogen-bond acceptors (Lipinski definition) is 2. The summed E-state index contributed by atoms with van der Waals surface area (Å²) < 4.78 is 1.12. The largest absolute Gasteiger partial charge is 0.298 e. The Hall–Kier alpha value is -0.610. The molecule has 5 heteroatoms. The molecule has 0 unspecified atom stereocenters. The molecule has 0 aliphatic rings. The third kappa shape index (κ3) is 4.46. The standard InChI is InChI=1S/C14H13BrCl2N2/c1-19(9-11-4-2-3-5-12(11)15)8-10-6-13(16)18-14(17)7-10/h2-7H,8-9H2,1H3. The minimum atomic E-state index is 0.428. The number of hydrogen-bond donors (Lipinski definition) is 0. The maximum absolute atomic E-state index is 5.90. The van der Waals surface area contributed by atoms with Crippen LogP contribution < -0.4 is 0 Å². The molecule has 0 saturated heterocycles. The summed E-state index contributed by atoms with van der Waals surface area (Å²) in [6, 6.07) is 11.9. The Labute approximate surface area is 131 Å². The third-order valence-corrected chi connectivity index (χ3v) is 3.83. The molecule has 19 heavy (non-hydrogen) atoms. The fourth-order valence-electron chi connectivity index (χ4n) is 1.89. The van der Waals surface area contributed by atoms with Crippen LogP contribution in [0.3, 0.4) is 0 Å². The maximum Gasteiger partial charge on any atom is 0.131 e. The molecule has 0 aliphatic carbocycles. The summed E-state index contributed by atoms with van der Waals surface area (Å²) in [7, 11) is 2.06. The van der Waals surface area contributed by atoms with Crippen LogP contribution in [0.25, 0.3) is 0 Å². The average Bonchev–Trinajstić information content (AvgIpc) is 2.30. The Bertz CT molecular complexity index is 555. The van der Waals surface area contributed by atoms with Crippen molar-refractivity contribution in [1.82, 2.24) is 9.88 Å². The van der Waals surface area contributed by atoms with Crippen molar-refractivity contribution >= 4 is 39.1 Å².